The largest absolute Gasteiger partial charge is 0.467 e. The molecule has 1 fully saturated rings. The number of hydrogen-bond acceptors (Lipinski definition) is 3. The average molecular weight is 227 g/mol. The lowest BCUT2D eigenvalue weighted by Crippen LogP contribution is -2.43. The molecule has 1 aliphatic rings. The van der Waals surface area contributed by atoms with Crippen LogP contribution in [-0.2, 0) is 14.3 Å². The fourth-order valence-corrected chi connectivity index (χ4v) is 1.79. The smallest absolute Gasteiger partial charge is 0.328 e. The van der Waals surface area contributed by atoms with Crippen molar-refractivity contribution in [3.63, 3.8) is 0 Å². The van der Waals surface area contributed by atoms with E-state index in [1.807, 2.05) is 20.8 Å². The van der Waals surface area contributed by atoms with Crippen molar-refractivity contribution in [1.29, 1.82) is 0 Å². The molecule has 0 bridgehead atoms. The van der Waals surface area contributed by atoms with Gasteiger partial charge in [0.05, 0.1) is 7.11 Å². The normalized spacial score (nSPS) is 25.1. The zero-order chi connectivity index (χ0) is 12.3. The highest BCUT2D eigenvalue weighted by molar-refractivity contribution is 5.87. The van der Waals surface area contributed by atoms with E-state index >= 15 is 0 Å². The van der Waals surface area contributed by atoms with Gasteiger partial charge in [-0.3, -0.25) is 4.79 Å². The minimum atomic E-state index is -0.495. The van der Waals surface area contributed by atoms with E-state index in [1.54, 1.807) is 0 Å². The Balaban J connectivity index is 2.49. The van der Waals surface area contributed by atoms with Crippen molar-refractivity contribution in [1.82, 2.24) is 5.32 Å². The average Bonchev–Trinajstić information content (AvgIpc) is 2.92. The second-order valence-electron chi connectivity index (χ2n) is 5.03. The second-order valence-corrected chi connectivity index (χ2v) is 5.03. The monoisotopic (exact) mass is 227 g/mol. The molecule has 4 heteroatoms. The number of rotatable bonds is 5. The number of amides is 1. The van der Waals surface area contributed by atoms with Crippen molar-refractivity contribution >= 4 is 11.9 Å². The van der Waals surface area contributed by atoms with E-state index in [-0.39, 0.29) is 17.8 Å². The van der Waals surface area contributed by atoms with E-state index in [1.165, 1.54) is 7.11 Å². The molecule has 3 atom stereocenters. The standard InChI is InChI=1S/C12H21NO3/c1-7(2)5-10(12(15)16-4)13-11(14)9-6-8(9)3/h7-10H,5-6H2,1-4H3,(H,13,14)/t8-,9+,10-/m0/s1. The fourth-order valence-electron chi connectivity index (χ4n) is 1.79. The Kier molecular flexibility index (Phi) is 4.33. The van der Waals surface area contributed by atoms with Gasteiger partial charge in [0.2, 0.25) is 5.91 Å². The molecule has 0 unspecified atom stereocenters. The van der Waals surface area contributed by atoms with Gasteiger partial charge in [0.15, 0.2) is 0 Å². The Morgan fingerprint density at radius 1 is 1.44 bits per heavy atom. The van der Waals surface area contributed by atoms with Crippen LogP contribution < -0.4 is 5.32 Å². The second kappa shape index (κ2) is 5.32. The van der Waals surface area contributed by atoms with E-state index in [0.717, 1.165) is 6.42 Å². The van der Waals surface area contributed by atoms with Gasteiger partial charge < -0.3 is 10.1 Å². The summed E-state index contributed by atoms with van der Waals surface area (Å²) in [6, 6.07) is -0.495. The minimum absolute atomic E-state index is 0.0106. The molecule has 0 heterocycles. The Morgan fingerprint density at radius 3 is 2.38 bits per heavy atom. The van der Waals surface area contributed by atoms with Gasteiger partial charge in [-0.25, -0.2) is 4.79 Å². The van der Waals surface area contributed by atoms with E-state index in [4.69, 9.17) is 0 Å². The molecular formula is C12H21NO3. The third-order valence-corrected chi connectivity index (χ3v) is 2.96. The summed E-state index contributed by atoms with van der Waals surface area (Å²) in [6.07, 6.45) is 1.56. The molecule has 0 aromatic carbocycles. The van der Waals surface area contributed by atoms with E-state index in [2.05, 4.69) is 10.1 Å². The predicted octanol–water partition coefficient (Wildman–Crippen LogP) is 1.35. The number of carbonyl (C=O) groups is 2. The number of hydrogen-bond donors (Lipinski definition) is 1. The highest BCUT2D eigenvalue weighted by atomic mass is 16.5. The first-order chi connectivity index (χ1) is 7.45. The van der Waals surface area contributed by atoms with Crippen molar-refractivity contribution < 1.29 is 14.3 Å². The molecule has 0 aromatic rings. The molecule has 0 radical (unpaired) electrons. The van der Waals surface area contributed by atoms with Crippen molar-refractivity contribution in [2.45, 2.75) is 39.7 Å². The molecule has 1 aliphatic carbocycles. The molecule has 1 N–H and O–H groups in total. The van der Waals surface area contributed by atoms with Crippen LogP contribution in [0.5, 0.6) is 0 Å². The number of ether oxygens (including phenoxy) is 1. The lowest BCUT2D eigenvalue weighted by Gasteiger charge is -2.18. The third-order valence-electron chi connectivity index (χ3n) is 2.96. The fraction of sp³-hybridized carbons (Fsp3) is 0.833. The molecule has 1 amide bonds. The number of carbonyl (C=O) groups excluding carboxylic acids is 2. The first-order valence-corrected chi connectivity index (χ1v) is 5.84. The van der Waals surface area contributed by atoms with E-state index in [9.17, 15) is 9.59 Å². The van der Waals surface area contributed by atoms with Gasteiger partial charge in [-0.1, -0.05) is 20.8 Å². The summed E-state index contributed by atoms with van der Waals surface area (Å²) >= 11 is 0. The van der Waals surface area contributed by atoms with Gasteiger partial charge in [-0.05, 0) is 24.7 Å². The molecule has 4 nitrogen and oxygen atoms in total. The van der Waals surface area contributed by atoms with Crippen LogP contribution >= 0.6 is 0 Å². The van der Waals surface area contributed by atoms with Crippen molar-refractivity contribution in [3.05, 3.63) is 0 Å². The SMILES string of the molecule is COC(=O)[C@H](CC(C)C)NC(=O)[C@@H]1C[C@@H]1C. The maximum Gasteiger partial charge on any atom is 0.328 e. The molecule has 92 valence electrons. The van der Waals surface area contributed by atoms with Crippen LogP contribution in [0.15, 0.2) is 0 Å². The van der Waals surface area contributed by atoms with Crippen LogP contribution in [0.4, 0.5) is 0 Å². The minimum Gasteiger partial charge on any atom is -0.467 e. The van der Waals surface area contributed by atoms with Gasteiger partial charge in [0, 0.05) is 5.92 Å². The molecule has 1 saturated carbocycles. The topological polar surface area (TPSA) is 55.4 Å². The molecule has 0 aromatic heterocycles. The van der Waals surface area contributed by atoms with E-state index < -0.39 is 6.04 Å². The van der Waals surface area contributed by atoms with Crippen LogP contribution in [0.3, 0.4) is 0 Å². The molecule has 1 rings (SSSR count). The van der Waals surface area contributed by atoms with Crippen LogP contribution in [0.25, 0.3) is 0 Å². The summed E-state index contributed by atoms with van der Waals surface area (Å²) in [6.45, 7) is 6.07. The summed E-state index contributed by atoms with van der Waals surface area (Å²) in [5.41, 5.74) is 0. The zero-order valence-corrected chi connectivity index (χ0v) is 10.4. The Morgan fingerprint density at radius 2 is 2.00 bits per heavy atom. The van der Waals surface area contributed by atoms with Gasteiger partial charge in [0.25, 0.3) is 0 Å². The number of methoxy groups -OCH3 is 1. The molecular weight excluding hydrogens is 206 g/mol. The predicted molar refractivity (Wildman–Crippen MR) is 60.7 cm³/mol. The molecule has 0 saturated heterocycles. The first-order valence-electron chi connectivity index (χ1n) is 5.84. The van der Waals surface area contributed by atoms with Crippen molar-refractivity contribution in [3.8, 4) is 0 Å². The summed E-state index contributed by atoms with van der Waals surface area (Å²) in [5.74, 6) is 0.539. The molecule has 0 aliphatic heterocycles. The van der Waals surface area contributed by atoms with Crippen molar-refractivity contribution in [2.24, 2.45) is 17.8 Å². The van der Waals surface area contributed by atoms with Crippen molar-refractivity contribution in [2.75, 3.05) is 7.11 Å². The van der Waals surface area contributed by atoms with Crippen LogP contribution in [0, 0.1) is 17.8 Å². The maximum absolute atomic E-state index is 11.7. The lowest BCUT2D eigenvalue weighted by molar-refractivity contribution is -0.145. The Bertz CT molecular complexity index is 275. The van der Waals surface area contributed by atoms with Gasteiger partial charge in [-0.15, -0.1) is 0 Å². The number of nitrogens with one attached hydrogen (secondary N) is 1. The highest BCUT2D eigenvalue weighted by Crippen LogP contribution is 2.37. The van der Waals surface area contributed by atoms with Gasteiger partial charge in [0.1, 0.15) is 6.04 Å². The zero-order valence-electron chi connectivity index (χ0n) is 10.4. The van der Waals surface area contributed by atoms with Crippen LogP contribution in [0.2, 0.25) is 0 Å². The maximum atomic E-state index is 11.7. The first kappa shape index (κ1) is 13.0. The van der Waals surface area contributed by atoms with E-state index in [0.29, 0.717) is 18.3 Å². The lowest BCUT2D eigenvalue weighted by atomic mass is 10.0. The van der Waals surface area contributed by atoms with Crippen LogP contribution in [-0.4, -0.2) is 25.0 Å². The van der Waals surface area contributed by atoms with Gasteiger partial charge >= 0.3 is 5.97 Å². The summed E-state index contributed by atoms with van der Waals surface area (Å²) < 4.78 is 4.69. The number of esters is 1. The van der Waals surface area contributed by atoms with Gasteiger partial charge in [-0.2, -0.15) is 0 Å². The molecule has 16 heavy (non-hydrogen) atoms. The third kappa shape index (κ3) is 3.51. The Labute approximate surface area is 96.7 Å². The Hall–Kier alpha value is -1.06. The highest BCUT2D eigenvalue weighted by Gasteiger charge is 2.40. The molecule has 0 spiro atoms. The summed E-state index contributed by atoms with van der Waals surface area (Å²) in [4.78, 5) is 23.2. The summed E-state index contributed by atoms with van der Waals surface area (Å²) in [7, 11) is 1.35. The van der Waals surface area contributed by atoms with Crippen LogP contribution in [0.1, 0.15) is 33.6 Å². The quantitative estimate of drug-likeness (QED) is 0.721. The summed E-state index contributed by atoms with van der Waals surface area (Å²) in [5, 5.41) is 2.78.